The standard InChI is InChI=1S/C17H23N5O3.C6H12/c1-17(2,3)25-16(24)21-8-6-12(7-9-21)22-13(23)5-4-11-10-19-15(18)20-14(11)22;1-2-4-6-5-3-1/h4-5,10,12H,6-9H2,1-3H3,(H2,18,19,20);1-6H2. The van der Waals surface area contributed by atoms with Crippen molar-refractivity contribution in [2.24, 2.45) is 0 Å². The van der Waals surface area contributed by atoms with Crippen LogP contribution in [0.25, 0.3) is 11.0 Å². The number of pyridine rings is 1. The van der Waals surface area contributed by atoms with E-state index in [0.29, 0.717) is 31.6 Å². The van der Waals surface area contributed by atoms with Gasteiger partial charge < -0.3 is 15.4 Å². The third kappa shape index (κ3) is 6.42. The van der Waals surface area contributed by atoms with Crippen LogP contribution < -0.4 is 11.3 Å². The molecule has 3 heterocycles. The fourth-order valence-electron chi connectivity index (χ4n) is 4.10. The molecule has 0 radical (unpaired) electrons. The number of piperidine rings is 1. The number of carbonyl (C=O) groups is 1. The lowest BCUT2D eigenvalue weighted by Gasteiger charge is -2.34. The van der Waals surface area contributed by atoms with E-state index in [2.05, 4.69) is 9.97 Å². The minimum Gasteiger partial charge on any atom is -0.444 e. The van der Waals surface area contributed by atoms with Crippen LogP contribution in [0.15, 0.2) is 23.1 Å². The fourth-order valence-corrected chi connectivity index (χ4v) is 4.10. The van der Waals surface area contributed by atoms with Crippen LogP contribution in [0.4, 0.5) is 10.7 Å². The number of nitrogen functional groups attached to an aromatic ring is 1. The molecule has 8 nitrogen and oxygen atoms in total. The Morgan fingerprint density at radius 3 is 2.19 bits per heavy atom. The lowest BCUT2D eigenvalue weighted by atomic mass is 10.0. The van der Waals surface area contributed by atoms with E-state index in [4.69, 9.17) is 10.5 Å². The highest BCUT2D eigenvalue weighted by molar-refractivity contribution is 5.75. The molecule has 8 heteroatoms. The Morgan fingerprint density at radius 2 is 1.65 bits per heavy atom. The third-order valence-corrected chi connectivity index (χ3v) is 5.67. The van der Waals surface area contributed by atoms with Crippen LogP contribution >= 0.6 is 0 Å². The van der Waals surface area contributed by atoms with Crippen LogP contribution in [0.5, 0.6) is 0 Å². The van der Waals surface area contributed by atoms with E-state index in [1.165, 1.54) is 44.6 Å². The predicted molar refractivity (Wildman–Crippen MR) is 122 cm³/mol. The Bertz CT molecular complexity index is 927. The summed E-state index contributed by atoms with van der Waals surface area (Å²) in [6.45, 7) is 6.60. The number of nitrogens with two attached hydrogens (primary N) is 1. The summed E-state index contributed by atoms with van der Waals surface area (Å²) < 4.78 is 7.08. The van der Waals surface area contributed by atoms with Crippen LogP contribution in [0.1, 0.15) is 78.2 Å². The van der Waals surface area contributed by atoms with E-state index < -0.39 is 5.60 Å². The molecule has 0 bridgehead atoms. The zero-order valence-corrected chi connectivity index (χ0v) is 19.0. The Labute approximate surface area is 183 Å². The van der Waals surface area contributed by atoms with Crippen molar-refractivity contribution >= 4 is 23.1 Å². The maximum atomic E-state index is 12.4. The second-order valence-corrected chi connectivity index (χ2v) is 9.37. The molecule has 0 unspecified atom stereocenters. The van der Waals surface area contributed by atoms with E-state index in [-0.39, 0.29) is 23.6 Å². The van der Waals surface area contributed by atoms with Crippen LogP contribution in [0, 0.1) is 0 Å². The number of hydrogen-bond donors (Lipinski definition) is 1. The minimum atomic E-state index is -0.519. The van der Waals surface area contributed by atoms with Gasteiger partial charge in [-0.2, -0.15) is 4.98 Å². The first-order valence-corrected chi connectivity index (χ1v) is 11.4. The van der Waals surface area contributed by atoms with E-state index >= 15 is 0 Å². The quantitative estimate of drug-likeness (QED) is 0.725. The van der Waals surface area contributed by atoms with Crippen molar-refractivity contribution < 1.29 is 9.53 Å². The van der Waals surface area contributed by atoms with Crippen molar-refractivity contribution in [2.45, 2.75) is 83.8 Å². The fraction of sp³-hybridized carbons (Fsp3) is 0.652. The number of rotatable bonds is 1. The largest absolute Gasteiger partial charge is 0.444 e. The molecule has 170 valence electrons. The number of fused-ring (bicyclic) bond motifs is 1. The second-order valence-electron chi connectivity index (χ2n) is 9.37. The molecule has 0 atom stereocenters. The minimum absolute atomic E-state index is 0.0378. The molecule has 0 spiro atoms. The highest BCUT2D eigenvalue weighted by Gasteiger charge is 2.28. The smallest absolute Gasteiger partial charge is 0.410 e. The molecule has 2 aliphatic rings. The maximum Gasteiger partial charge on any atom is 0.410 e. The number of amides is 1. The Kier molecular flexibility index (Phi) is 7.51. The summed E-state index contributed by atoms with van der Waals surface area (Å²) in [6, 6.07) is 3.18. The molecule has 4 rings (SSSR count). The second kappa shape index (κ2) is 10.1. The number of nitrogens with zero attached hydrogens (tertiary/aromatic N) is 4. The van der Waals surface area contributed by atoms with Gasteiger partial charge in [-0.3, -0.25) is 9.36 Å². The van der Waals surface area contributed by atoms with Crippen molar-refractivity contribution in [3.63, 3.8) is 0 Å². The zero-order valence-electron chi connectivity index (χ0n) is 19.0. The van der Waals surface area contributed by atoms with Gasteiger partial charge in [-0.05, 0) is 39.7 Å². The molecule has 1 aliphatic carbocycles. The highest BCUT2D eigenvalue weighted by Crippen LogP contribution is 2.25. The van der Waals surface area contributed by atoms with Gasteiger partial charge in [-0.25, -0.2) is 9.78 Å². The van der Waals surface area contributed by atoms with Gasteiger partial charge in [0.15, 0.2) is 0 Å². The normalized spacial score (nSPS) is 17.7. The summed E-state index contributed by atoms with van der Waals surface area (Å²) in [5, 5.41) is 0.767. The molecule has 2 fully saturated rings. The summed E-state index contributed by atoms with van der Waals surface area (Å²) in [5.74, 6) is 0.137. The van der Waals surface area contributed by atoms with Gasteiger partial charge in [0.25, 0.3) is 5.56 Å². The summed E-state index contributed by atoms with van der Waals surface area (Å²) >= 11 is 0. The van der Waals surface area contributed by atoms with Crippen LogP contribution in [-0.2, 0) is 4.74 Å². The molecule has 1 amide bonds. The number of anilines is 1. The summed E-state index contributed by atoms with van der Waals surface area (Å²) in [6.07, 6.45) is 11.6. The number of likely N-dealkylation sites (tertiary alicyclic amines) is 1. The molecular formula is C23H35N5O3. The topological polar surface area (TPSA) is 103 Å². The van der Waals surface area contributed by atoms with Crippen LogP contribution in [-0.4, -0.2) is 44.2 Å². The number of hydrogen-bond acceptors (Lipinski definition) is 6. The molecule has 2 aromatic heterocycles. The molecule has 31 heavy (non-hydrogen) atoms. The average Bonchev–Trinajstić information content (AvgIpc) is 2.74. The molecule has 0 aromatic carbocycles. The van der Waals surface area contributed by atoms with Crippen LogP contribution in [0.2, 0.25) is 0 Å². The molecule has 2 aromatic rings. The van der Waals surface area contributed by atoms with E-state index in [1.807, 2.05) is 20.8 Å². The van der Waals surface area contributed by atoms with E-state index in [9.17, 15) is 9.59 Å². The average molecular weight is 430 g/mol. The van der Waals surface area contributed by atoms with E-state index in [0.717, 1.165) is 5.39 Å². The number of ether oxygens (including phenoxy) is 1. The highest BCUT2D eigenvalue weighted by atomic mass is 16.6. The van der Waals surface area contributed by atoms with Crippen molar-refractivity contribution in [2.75, 3.05) is 18.8 Å². The first-order chi connectivity index (χ1) is 14.7. The monoisotopic (exact) mass is 429 g/mol. The van der Waals surface area contributed by atoms with Crippen molar-refractivity contribution in [3.8, 4) is 0 Å². The lowest BCUT2D eigenvalue weighted by Crippen LogP contribution is -2.43. The Hall–Kier alpha value is -2.64. The third-order valence-electron chi connectivity index (χ3n) is 5.67. The van der Waals surface area contributed by atoms with Crippen molar-refractivity contribution in [1.29, 1.82) is 0 Å². The van der Waals surface area contributed by atoms with Gasteiger partial charge in [-0.1, -0.05) is 38.5 Å². The van der Waals surface area contributed by atoms with Crippen molar-refractivity contribution in [3.05, 3.63) is 28.7 Å². The van der Waals surface area contributed by atoms with E-state index in [1.54, 1.807) is 21.7 Å². The SMILES string of the molecule is C1CCCCC1.CC(C)(C)OC(=O)N1CCC(n2c(=O)ccc3cnc(N)nc32)CC1. The molecular weight excluding hydrogens is 394 g/mol. The van der Waals surface area contributed by atoms with Gasteiger partial charge in [0.1, 0.15) is 11.2 Å². The van der Waals surface area contributed by atoms with Gasteiger partial charge in [0.2, 0.25) is 5.95 Å². The Morgan fingerprint density at radius 1 is 1.06 bits per heavy atom. The molecule has 1 saturated heterocycles. The van der Waals surface area contributed by atoms with Gasteiger partial charge in [0, 0.05) is 36.8 Å². The number of carbonyl (C=O) groups excluding carboxylic acids is 1. The molecule has 1 saturated carbocycles. The first kappa shape index (κ1) is 23.0. The predicted octanol–water partition coefficient (Wildman–Crippen LogP) is 4.29. The van der Waals surface area contributed by atoms with Gasteiger partial charge in [0.05, 0.1) is 0 Å². The molecule has 1 aliphatic heterocycles. The summed E-state index contributed by atoms with van der Waals surface area (Å²) in [4.78, 5) is 34.5. The van der Waals surface area contributed by atoms with Crippen molar-refractivity contribution in [1.82, 2.24) is 19.4 Å². The summed E-state index contributed by atoms with van der Waals surface area (Å²) in [5.41, 5.74) is 5.58. The summed E-state index contributed by atoms with van der Waals surface area (Å²) in [7, 11) is 0. The Balaban J connectivity index is 0.000000391. The van der Waals surface area contributed by atoms with Gasteiger partial charge in [-0.15, -0.1) is 0 Å². The van der Waals surface area contributed by atoms with Gasteiger partial charge >= 0.3 is 6.09 Å². The number of aromatic nitrogens is 3. The zero-order chi connectivity index (χ0) is 22.4. The van der Waals surface area contributed by atoms with Crippen LogP contribution in [0.3, 0.4) is 0 Å². The maximum absolute atomic E-state index is 12.4. The molecule has 2 N–H and O–H groups in total. The first-order valence-electron chi connectivity index (χ1n) is 11.4. The lowest BCUT2D eigenvalue weighted by molar-refractivity contribution is 0.0189.